The lowest BCUT2D eigenvalue weighted by Gasteiger charge is -2.37. The molecule has 0 aliphatic carbocycles. The third kappa shape index (κ3) is 2.97. The Morgan fingerprint density at radius 2 is 1.88 bits per heavy atom. The van der Waals surface area contributed by atoms with E-state index in [1.165, 1.54) is 11.1 Å². The molecule has 4 rings (SSSR count). The summed E-state index contributed by atoms with van der Waals surface area (Å²) in [5.74, 6) is 1.10. The van der Waals surface area contributed by atoms with E-state index in [2.05, 4.69) is 32.3 Å². The van der Waals surface area contributed by atoms with Crippen LogP contribution in [0.1, 0.15) is 11.1 Å². The van der Waals surface area contributed by atoms with Gasteiger partial charge in [-0.2, -0.15) is 0 Å². The Hall–Kier alpha value is -2.47. The van der Waals surface area contributed by atoms with Crippen LogP contribution < -0.4 is 10.2 Å². The van der Waals surface area contributed by atoms with E-state index in [0.717, 1.165) is 45.0 Å². The lowest BCUT2D eigenvalue weighted by atomic mass is 9.95. The first-order valence-corrected chi connectivity index (χ1v) is 8.41. The molecule has 3 heterocycles. The average molecular weight is 323 g/mol. The van der Waals surface area contributed by atoms with Gasteiger partial charge in [-0.3, -0.25) is 9.78 Å². The van der Waals surface area contributed by atoms with Gasteiger partial charge < -0.3 is 15.1 Å². The first-order chi connectivity index (χ1) is 11.8. The minimum atomic E-state index is -0.108. The molecule has 1 aromatic carbocycles. The van der Waals surface area contributed by atoms with Gasteiger partial charge in [0, 0.05) is 45.1 Å². The standard InChI is InChI=1S/C18H21N5O/c24-18(16-11-14-3-1-2-4-15(14)12-21-16)23-9-7-22(8-10-23)17-13-19-5-6-20-17/h1-6,13,16,21H,7-12H2. The summed E-state index contributed by atoms with van der Waals surface area (Å²) in [6, 6.07) is 8.24. The van der Waals surface area contributed by atoms with E-state index in [1.807, 2.05) is 17.0 Å². The SMILES string of the molecule is O=C(C1Cc2ccccc2CN1)N1CCN(c2cnccn2)CC1. The molecule has 1 aromatic heterocycles. The van der Waals surface area contributed by atoms with Crippen LogP contribution in [0.2, 0.25) is 0 Å². The van der Waals surface area contributed by atoms with Crippen LogP contribution in [0.25, 0.3) is 0 Å². The predicted octanol–water partition coefficient (Wildman–Crippen LogP) is 0.840. The van der Waals surface area contributed by atoms with Crippen molar-refractivity contribution < 1.29 is 4.79 Å². The monoisotopic (exact) mass is 323 g/mol. The molecule has 6 nitrogen and oxygen atoms in total. The average Bonchev–Trinajstić information content (AvgIpc) is 2.68. The highest BCUT2D eigenvalue weighted by molar-refractivity contribution is 5.83. The molecule has 0 saturated carbocycles. The zero-order valence-electron chi connectivity index (χ0n) is 13.6. The van der Waals surface area contributed by atoms with Crippen molar-refractivity contribution >= 4 is 11.7 Å². The Morgan fingerprint density at radius 1 is 1.08 bits per heavy atom. The van der Waals surface area contributed by atoms with Gasteiger partial charge in [0.15, 0.2) is 0 Å². The van der Waals surface area contributed by atoms with Crippen molar-refractivity contribution in [3.05, 3.63) is 54.0 Å². The molecule has 124 valence electrons. The number of hydrogen-bond acceptors (Lipinski definition) is 5. The van der Waals surface area contributed by atoms with Crippen LogP contribution in [0.5, 0.6) is 0 Å². The molecule has 1 N–H and O–H groups in total. The summed E-state index contributed by atoms with van der Waals surface area (Å²) in [5, 5.41) is 3.39. The quantitative estimate of drug-likeness (QED) is 0.887. The second-order valence-electron chi connectivity index (χ2n) is 6.28. The number of rotatable bonds is 2. The molecule has 1 unspecified atom stereocenters. The molecule has 2 aliphatic rings. The summed E-state index contributed by atoms with van der Waals surface area (Å²) in [4.78, 5) is 25.4. The highest BCUT2D eigenvalue weighted by Gasteiger charge is 2.30. The topological polar surface area (TPSA) is 61.4 Å². The number of carbonyl (C=O) groups excluding carboxylic acids is 1. The Morgan fingerprint density at radius 3 is 2.62 bits per heavy atom. The molecule has 1 saturated heterocycles. The number of piperazine rings is 1. The molecule has 1 amide bonds. The van der Waals surface area contributed by atoms with Crippen LogP contribution in [-0.4, -0.2) is 53.0 Å². The zero-order chi connectivity index (χ0) is 16.4. The maximum Gasteiger partial charge on any atom is 0.240 e. The molecule has 1 atom stereocenters. The summed E-state index contributed by atoms with van der Waals surface area (Å²) in [6.45, 7) is 3.83. The van der Waals surface area contributed by atoms with Crippen molar-refractivity contribution in [1.29, 1.82) is 0 Å². The number of carbonyl (C=O) groups is 1. The Labute approximate surface area is 141 Å². The van der Waals surface area contributed by atoms with Crippen molar-refractivity contribution in [2.24, 2.45) is 0 Å². The maximum atomic E-state index is 12.8. The van der Waals surface area contributed by atoms with Crippen molar-refractivity contribution in [2.45, 2.75) is 19.0 Å². The summed E-state index contributed by atoms with van der Waals surface area (Å²) >= 11 is 0. The Balaban J connectivity index is 1.37. The van der Waals surface area contributed by atoms with E-state index < -0.39 is 0 Å². The second kappa shape index (κ2) is 6.57. The number of hydrogen-bond donors (Lipinski definition) is 1. The van der Waals surface area contributed by atoms with Gasteiger partial charge in [-0.05, 0) is 17.5 Å². The second-order valence-corrected chi connectivity index (χ2v) is 6.28. The summed E-state index contributed by atoms with van der Waals surface area (Å²) < 4.78 is 0. The molecule has 0 spiro atoms. The van der Waals surface area contributed by atoms with Crippen LogP contribution in [0.15, 0.2) is 42.9 Å². The fourth-order valence-corrected chi connectivity index (χ4v) is 3.46. The number of fused-ring (bicyclic) bond motifs is 1. The molecule has 24 heavy (non-hydrogen) atoms. The van der Waals surface area contributed by atoms with Crippen molar-refractivity contribution in [2.75, 3.05) is 31.1 Å². The molecular weight excluding hydrogens is 302 g/mol. The Bertz CT molecular complexity index is 712. The zero-order valence-corrected chi connectivity index (χ0v) is 13.6. The van der Waals surface area contributed by atoms with Crippen molar-refractivity contribution in [3.63, 3.8) is 0 Å². The van der Waals surface area contributed by atoms with Crippen LogP contribution in [0, 0.1) is 0 Å². The van der Waals surface area contributed by atoms with Gasteiger partial charge in [0.05, 0.1) is 12.2 Å². The van der Waals surface area contributed by atoms with E-state index in [4.69, 9.17) is 0 Å². The third-order valence-corrected chi connectivity index (χ3v) is 4.84. The van der Waals surface area contributed by atoms with Crippen molar-refractivity contribution in [3.8, 4) is 0 Å². The molecule has 0 bridgehead atoms. The van der Waals surface area contributed by atoms with Gasteiger partial charge in [0.25, 0.3) is 0 Å². The van der Waals surface area contributed by atoms with Crippen LogP contribution >= 0.6 is 0 Å². The number of anilines is 1. The van der Waals surface area contributed by atoms with Gasteiger partial charge >= 0.3 is 0 Å². The van der Waals surface area contributed by atoms with Crippen LogP contribution in [0.3, 0.4) is 0 Å². The lowest BCUT2D eigenvalue weighted by molar-refractivity contribution is -0.134. The van der Waals surface area contributed by atoms with Gasteiger partial charge in [0.1, 0.15) is 5.82 Å². The van der Waals surface area contributed by atoms with E-state index in [-0.39, 0.29) is 11.9 Å². The number of nitrogens with one attached hydrogen (secondary N) is 1. The van der Waals surface area contributed by atoms with E-state index in [1.54, 1.807) is 18.6 Å². The summed E-state index contributed by atoms with van der Waals surface area (Å²) in [6.07, 6.45) is 5.93. The van der Waals surface area contributed by atoms with Gasteiger partial charge in [0.2, 0.25) is 5.91 Å². The van der Waals surface area contributed by atoms with Gasteiger partial charge in [-0.1, -0.05) is 24.3 Å². The summed E-state index contributed by atoms with van der Waals surface area (Å²) in [5.41, 5.74) is 2.59. The number of aromatic nitrogens is 2. The molecule has 1 fully saturated rings. The highest BCUT2D eigenvalue weighted by Crippen LogP contribution is 2.18. The minimum Gasteiger partial charge on any atom is -0.352 e. The van der Waals surface area contributed by atoms with E-state index in [9.17, 15) is 4.79 Å². The molecule has 2 aromatic rings. The lowest BCUT2D eigenvalue weighted by Crippen LogP contribution is -2.55. The third-order valence-electron chi connectivity index (χ3n) is 4.84. The molecule has 6 heteroatoms. The number of benzene rings is 1. The Kier molecular flexibility index (Phi) is 4.13. The first-order valence-electron chi connectivity index (χ1n) is 8.41. The highest BCUT2D eigenvalue weighted by atomic mass is 16.2. The normalized spacial score (nSPS) is 20.6. The number of nitrogens with zero attached hydrogens (tertiary/aromatic N) is 4. The molecular formula is C18H21N5O. The maximum absolute atomic E-state index is 12.8. The predicted molar refractivity (Wildman–Crippen MR) is 91.6 cm³/mol. The summed E-state index contributed by atoms with van der Waals surface area (Å²) in [7, 11) is 0. The van der Waals surface area contributed by atoms with Crippen LogP contribution in [-0.2, 0) is 17.8 Å². The largest absolute Gasteiger partial charge is 0.352 e. The molecule has 2 aliphatic heterocycles. The fraction of sp³-hybridized carbons (Fsp3) is 0.389. The van der Waals surface area contributed by atoms with Crippen molar-refractivity contribution in [1.82, 2.24) is 20.2 Å². The van der Waals surface area contributed by atoms with E-state index in [0.29, 0.717) is 0 Å². The fourth-order valence-electron chi connectivity index (χ4n) is 3.46. The van der Waals surface area contributed by atoms with Gasteiger partial charge in [-0.15, -0.1) is 0 Å². The smallest absolute Gasteiger partial charge is 0.240 e. The minimum absolute atomic E-state index is 0.108. The molecule has 0 radical (unpaired) electrons. The van der Waals surface area contributed by atoms with Crippen LogP contribution in [0.4, 0.5) is 5.82 Å². The van der Waals surface area contributed by atoms with Gasteiger partial charge in [-0.25, -0.2) is 4.98 Å². The first kappa shape index (κ1) is 15.1. The number of amides is 1. The van der Waals surface area contributed by atoms with E-state index >= 15 is 0 Å².